The highest BCUT2D eigenvalue weighted by Gasteiger charge is 2.35. The number of methoxy groups -OCH3 is 1. The molecule has 0 unspecified atom stereocenters. The van der Waals surface area contributed by atoms with E-state index in [4.69, 9.17) is 24.2 Å². The van der Waals surface area contributed by atoms with Gasteiger partial charge in [-0.15, -0.1) is 11.3 Å². The first kappa shape index (κ1) is 32.5. The predicted molar refractivity (Wildman–Crippen MR) is 201 cm³/mol. The molecular weight excluding hydrogens is 663 g/mol. The van der Waals surface area contributed by atoms with Crippen molar-refractivity contribution in [1.82, 2.24) is 9.80 Å². The van der Waals surface area contributed by atoms with Gasteiger partial charge in [0.1, 0.15) is 5.75 Å². The Bertz CT molecular complexity index is 2140. The third-order valence-corrected chi connectivity index (χ3v) is 10.6. The van der Waals surface area contributed by atoms with Gasteiger partial charge in [0, 0.05) is 73.8 Å². The average Bonchev–Trinajstić information content (AvgIpc) is 3.91. The molecule has 4 aromatic rings. The zero-order valence-electron chi connectivity index (χ0n) is 28.6. The lowest BCUT2D eigenvalue weighted by atomic mass is 10.0. The summed E-state index contributed by atoms with van der Waals surface area (Å²) in [7, 11) is 3.46. The third kappa shape index (κ3) is 6.18. The molecule has 10 nitrogen and oxygen atoms in total. The van der Waals surface area contributed by atoms with Gasteiger partial charge in [0.05, 0.1) is 54.9 Å². The standard InChI is InChI=1S/C40H37N5O5S/c1-24-14-31-33(42-20-29-15-26(22-44(29)39(31)46)25-7-9-28(41-2)10-8-25)18-35(24)49-11-5-12-50-37-19-34-32(17-36(37)48-3)40(47)45-23-27(16-30(45)21-43-34)38-6-4-13-51-38/h4,6-10,13-14,17-23,29-30,41H,5,11-12,15-16H2,1-3H3/t29-,30-/m0/s1. The van der Waals surface area contributed by atoms with E-state index in [2.05, 4.69) is 23.5 Å². The van der Waals surface area contributed by atoms with E-state index in [9.17, 15) is 9.59 Å². The van der Waals surface area contributed by atoms with Crippen LogP contribution in [0.2, 0.25) is 0 Å². The van der Waals surface area contributed by atoms with Crippen molar-refractivity contribution in [3.05, 3.63) is 106 Å². The molecule has 4 aliphatic rings. The number of benzene rings is 3. The highest BCUT2D eigenvalue weighted by Crippen LogP contribution is 2.41. The maximum Gasteiger partial charge on any atom is 0.260 e. The number of amides is 2. The normalized spacial score (nSPS) is 18.6. The molecule has 11 heteroatoms. The lowest BCUT2D eigenvalue weighted by Crippen LogP contribution is -2.32. The number of carbonyl (C=O) groups excluding carboxylic acids is 2. The van der Waals surface area contributed by atoms with Crippen LogP contribution < -0.4 is 19.5 Å². The van der Waals surface area contributed by atoms with Crippen LogP contribution >= 0.6 is 11.3 Å². The smallest absolute Gasteiger partial charge is 0.260 e. The monoisotopic (exact) mass is 699 g/mol. The molecule has 8 rings (SSSR count). The number of aliphatic imine (C=N–C) groups is 2. The minimum atomic E-state index is -0.141. The zero-order chi connectivity index (χ0) is 35.1. The predicted octanol–water partition coefficient (Wildman–Crippen LogP) is 7.90. The number of fused-ring (bicyclic) bond motifs is 4. The summed E-state index contributed by atoms with van der Waals surface area (Å²) in [5, 5.41) is 5.18. The molecule has 3 aromatic carbocycles. The topological polar surface area (TPSA) is 105 Å². The molecule has 0 fully saturated rings. The minimum Gasteiger partial charge on any atom is -0.493 e. The first-order valence-corrected chi connectivity index (χ1v) is 17.9. The second-order valence-corrected chi connectivity index (χ2v) is 13.8. The molecular formula is C40H37N5O5S. The van der Waals surface area contributed by atoms with Gasteiger partial charge in [0.15, 0.2) is 11.5 Å². The number of thiophene rings is 1. The Hall–Kier alpha value is -5.68. The number of hydrogen-bond acceptors (Lipinski definition) is 9. The van der Waals surface area contributed by atoms with Gasteiger partial charge < -0.3 is 29.3 Å². The van der Waals surface area contributed by atoms with Gasteiger partial charge in [0.25, 0.3) is 11.8 Å². The summed E-state index contributed by atoms with van der Waals surface area (Å²) in [5.74, 6) is 1.47. The Morgan fingerprint density at radius 3 is 2.08 bits per heavy atom. The molecule has 51 heavy (non-hydrogen) atoms. The van der Waals surface area contributed by atoms with Crippen molar-refractivity contribution >= 4 is 63.8 Å². The van der Waals surface area contributed by atoms with E-state index >= 15 is 0 Å². The van der Waals surface area contributed by atoms with Crippen molar-refractivity contribution in [3.63, 3.8) is 0 Å². The fourth-order valence-electron chi connectivity index (χ4n) is 6.86. The van der Waals surface area contributed by atoms with Crippen LogP contribution in [0.4, 0.5) is 17.1 Å². The van der Waals surface area contributed by atoms with Crippen LogP contribution in [0, 0.1) is 6.92 Å². The summed E-state index contributed by atoms with van der Waals surface area (Å²) in [6.07, 6.45) is 9.61. The van der Waals surface area contributed by atoms with Gasteiger partial charge >= 0.3 is 0 Å². The number of nitrogens with zero attached hydrogens (tertiary/aromatic N) is 4. The first-order valence-electron chi connectivity index (χ1n) is 17.0. The summed E-state index contributed by atoms with van der Waals surface area (Å²) < 4.78 is 17.9. The Morgan fingerprint density at radius 1 is 0.804 bits per heavy atom. The molecule has 0 aliphatic carbocycles. The van der Waals surface area contributed by atoms with E-state index < -0.39 is 0 Å². The van der Waals surface area contributed by atoms with Gasteiger partial charge in [-0.3, -0.25) is 19.6 Å². The van der Waals surface area contributed by atoms with Gasteiger partial charge in [-0.2, -0.15) is 0 Å². The van der Waals surface area contributed by atoms with Crippen molar-refractivity contribution in [2.45, 2.75) is 38.3 Å². The number of rotatable bonds is 10. The Morgan fingerprint density at radius 2 is 1.43 bits per heavy atom. The average molecular weight is 700 g/mol. The molecule has 0 saturated carbocycles. The van der Waals surface area contributed by atoms with Crippen LogP contribution in [0.25, 0.3) is 11.1 Å². The van der Waals surface area contributed by atoms with Crippen molar-refractivity contribution in [3.8, 4) is 17.2 Å². The number of nitrogens with one attached hydrogen (secondary N) is 1. The molecule has 2 amide bonds. The lowest BCUT2D eigenvalue weighted by molar-refractivity contribution is 0.0809. The summed E-state index contributed by atoms with van der Waals surface area (Å²) in [4.78, 5) is 41.4. The minimum absolute atomic E-state index is 0.0712. The van der Waals surface area contributed by atoms with E-state index in [0.717, 1.165) is 39.3 Å². The largest absolute Gasteiger partial charge is 0.493 e. The van der Waals surface area contributed by atoms with Crippen molar-refractivity contribution in [1.29, 1.82) is 0 Å². The molecule has 0 radical (unpaired) electrons. The van der Waals surface area contributed by atoms with E-state index in [1.807, 2.05) is 74.5 Å². The quantitative estimate of drug-likeness (QED) is 0.169. The second kappa shape index (κ2) is 13.6. The van der Waals surface area contributed by atoms with Crippen LogP contribution in [-0.2, 0) is 0 Å². The van der Waals surface area contributed by atoms with E-state index in [1.54, 1.807) is 40.4 Å². The fraction of sp³-hybridized carbons (Fsp3) is 0.250. The third-order valence-electron chi connectivity index (χ3n) is 9.62. The van der Waals surface area contributed by atoms with Crippen molar-refractivity contribution in [2.24, 2.45) is 9.98 Å². The molecule has 258 valence electrons. The van der Waals surface area contributed by atoms with E-state index in [1.165, 1.54) is 0 Å². The van der Waals surface area contributed by atoms with Crippen molar-refractivity contribution in [2.75, 3.05) is 32.7 Å². The summed E-state index contributed by atoms with van der Waals surface area (Å²) in [6, 6.07) is 19.2. The Balaban J connectivity index is 0.899. The highest BCUT2D eigenvalue weighted by atomic mass is 32.1. The number of hydrogen-bond donors (Lipinski definition) is 1. The van der Waals surface area contributed by atoms with Crippen LogP contribution in [0.15, 0.2) is 88.4 Å². The number of aryl methyl sites for hydroxylation is 1. The molecule has 4 aliphatic heterocycles. The van der Waals surface area contributed by atoms with Crippen LogP contribution in [0.5, 0.6) is 17.2 Å². The lowest BCUT2D eigenvalue weighted by Gasteiger charge is -2.19. The zero-order valence-corrected chi connectivity index (χ0v) is 29.4. The highest BCUT2D eigenvalue weighted by molar-refractivity contribution is 7.11. The Labute approximate surface area is 300 Å². The fourth-order valence-corrected chi connectivity index (χ4v) is 7.61. The van der Waals surface area contributed by atoms with Crippen LogP contribution in [0.3, 0.4) is 0 Å². The molecule has 2 atom stereocenters. The molecule has 0 saturated heterocycles. The van der Waals surface area contributed by atoms with Gasteiger partial charge in [-0.05, 0) is 64.9 Å². The van der Waals surface area contributed by atoms with Gasteiger partial charge in [0.2, 0.25) is 0 Å². The molecule has 0 bridgehead atoms. The molecule has 1 N–H and O–H groups in total. The number of carbonyl (C=O) groups is 2. The molecule has 1 aromatic heterocycles. The Kier molecular flexibility index (Phi) is 8.65. The second-order valence-electron chi connectivity index (χ2n) is 12.8. The van der Waals surface area contributed by atoms with E-state index in [0.29, 0.717) is 65.8 Å². The summed E-state index contributed by atoms with van der Waals surface area (Å²) in [5.41, 5.74) is 7.42. The number of ether oxygens (including phenoxy) is 3. The number of anilines is 1. The SMILES string of the molecule is CNc1ccc(C2=CN3C(=O)c4cc(C)c(OCCCOc5cc6c(cc5OC)C(=O)N5C=C(c7cccs7)C[C@H]5C=N6)cc4N=C[C@@H]3C2)cc1. The van der Waals surface area contributed by atoms with Crippen molar-refractivity contribution < 1.29 is 23.8 Å². The molecule has 0 spiro atoms. The molecule has 5 heterocycles. The first-order chi connectivity index (χ1) is 24.9. The van der Waals surface area contributed by atoms with Gasteiger partial charge in [-0.1, -0.05) is 18.2 Å². The van der Waals surface area contributed by atoms with Crippen LogP contribution in [-0.4, -0.2) is 73.5 Å². The maximum atomic E-state index is 13.7. The summed E-state index contributed by atoms with van der Waals surface area (Å²) >= 11 is 1.67. The van der Waals surface area contributed by atoms with Crippen LogP contribution in [0.1, 0.15) is 56.0 Å². The van der Waals surface area contributed by atoms with E-state index in [-0.39, 0.29) is 23.9 Å². The van der Waals surface area contributed by atoms with Gasteiger partial charge in [-0.25, -0.2) is 0 Å². The maximum absolute atomic E-state index is 13.7. The summed E-state index contributed by atoms with van der Waals surface area (Å²) in [6.45, 7) is 2.69.